The van der Waals surface area contributed by atoms with Crippen LogP contribution in [-0.2, 0) is 12.8 Å². The maximum atomic E-state index is 14.1. The fraction of sp³-hybridized carbons (Fsp3) is 0.231. The highest BCUT2D eigenvalue weighted by molar-refractivity contribution is 5.96. The number of carboxylic acid groups (broad SMARTS) is 1. The van der Waals surface area contributed by atoms with Crippen molar-refractivity contribution in [1.82, 2.24) is 4.98 Å². The number of carboxylic acids is 1. The Labute approximate surface area is 201 Å². The van der Waals surface area contributed by atoms with Crippen LogP contribution < -0.4 is 4.74 Å². The Balaban J connectivity index is 1.80. The summed E-state index contributed by atoms with van der Waals surface area (Å²) < 4.78 is 87.1. The molecule has 1 aliphatic carbocycles. The quantitative estimate of drug-likeness (QED) is 0.283. The largest absolute Gasteiger partial charge is 0.488 e. The van der Waals surface area contributed by atoms with E-state index >= 15 is 0 Å². The molecule has 0 saturated heterocycles. The molecule has 4 nitrogen and oxygen atoms in total. The van der Waals surface area contributed by atoms with Gasteiger partial charge in [0.05, 0.1) is 16.8 Å². The van der Waals surface area contributed by atoms with Gasteiger partial charge in [-0.2, -0.15) is 13.2 Å². The maximum Gasteiger partial charge on any atom is 0.416 e. The van der Waals surface area contributed by atoms with Crippen LogP contribution in [0.15, 0.2) is 42.6 Å². The maximum absolute atomic E-state index is 14.1. The molecule has 0 saturated carbocycles. The van der Waals surface area contributed by atoms with Gasteiger partial charge in [0, 0.05) is 23.4 Å². The fourth-order valence-electron chi connectivity index (χ4n) is 4.17. The van der Waals surface area contributed by atoms with E-state index in [2.05, 4.69) is 4.98 Å². The molecule has 0 bridgehead atoms. The molecular weight excluding hydrogens is 488 g/mol. The number of pyridine rings is 1. The summed E-state index contributed by atoms with van der Waals surface area (Å²) in [5.74, 6) is -4.92. The van der Waals surface area contributed by atoms with Gasteiger partial charge in [-0.1, -0.05) is 0 Å². The van der Waals surface area contributed by atoms with Crippen molar-refractivity contribution in [2.24, 2.45) is 0 Å². The zero-order valence-corrected chi connectivity index (χ0v) is 18.8. The second-order valence-corrected chi connectivity index (χ2v) is 8.33. The third-order valence-electron chi connectivity index (χ3n) is 5.99. The standard InChI is InChI=1S/C26H19F6NO3/c1-13-19(25(34)35)7-14(11-33-13)17-3-2-4-18(17)20-9-16(26(30,31)32)5-6-24(20)36-12-15-8-22(28)23(29)10-21(15)27/h5-11H,2-4,12H2,1H3,(H,34,35). The number of aromatic carboxylic acids is 1. The summed E-state index contributed by atoms with van der Waals surface area (Å²) in [5.41, 5.74) is 0.698. The average molecular weight is 507 g/mol. The lowest BCUT2D eigenvalue weighted by molar-refractivity contribution is -0.137. The number of hydrogen-bond donors (Lipinski definition) is 1. The number of nitrogens with zero attached hydrogens (tertiary/aromatic N) is 1. The van der Waals surface area contributed by atoms with E-state index in [1.165, 1.54) is 19.2 Å². The van der Waals surface area contributed by atoms with E-state index in [4.69, 9.17) is 4.74 Å². The number of halogens is 6. The molecule has 3 aromatic rings. The lowest BCUT2D eigenvalue weighted by Crippen LogP contribution is -2.08. The van der Waals surface area contributed by atoms with Crippen LogP contribution in [0.25, 0.3) is 11.1 Å². The first-order valence-electron chi connectivity index (χ1n) is 10.9. The van der Waals surface area contributed by atoms with Gasteiger partial charge in [0.25, 0.3) is 0 Å². The van der Waals surface area contributed by atoms with E-state index in [-0.39, 0.29) is 22.4 Å². The molecule has 2 aromatic carbocycles. The Morgan fingerprint density at radius 1 is 1.00 bits per heavy atom. The third kappa shape index (κ3) is 5.07. The number of hydrogen-bond acceptors (Lipinski definition) is 3. The number of carbonyl (C=O) groups is 1. The van der Waals surface area contributed by atoms with E-state index in [1.54, 1.807) is 0 Å². The van der Waals surface area contributed by atoms with Gasteiger partial charge in [0.1, 0.15) is 18.2 Å². The summed E-state index contributed by atoms with van der Waals surface area (Å²) in [6, 6.07) is 5.23. The van der Waals surface area contributed by atoms with Gasteiger partial charge in [-0.3, -0.25) is 4.98 Å². The molecule has 0 atom stereocenters. The molecule has 0 radical (unpaired) electrons. The van der Waals surface area contributed by atoms with Crippen molar-refractivity contribution < 1.29 is 41.0 Å². The summed E-state index contributed by atoms with van der Waals surface area (Å²) in [4.78, 5) is 15.7. The minimum Gasteiger partial charge on any atom is -0.488 e. The van der Waals surface area contributed by atoms with Gasteiger partial charge in [-0.25, -0.2) is 18.0 Å². The summed E-state index contributed by atoms with van der Waals surface area (Å²) in [6.07, 6.45) is -1.75. The van der Waals surface area contributed by atoms with Crippen molar-refractivity contribution in [2.45, 2.75) is 39.0 Å². The van der Waals surface area contributed by atoms with Crippen LogP contribution in [0.1, 0.15) is 57.6 Å². The van der Waals surface area contributed by atoms with Gasteiger partial charge >= 0.3 is 12.1 Å². The van der Waals surface area contributed by atoms with E-state index in [1.807, 2.05) is 0 Å². The van der Waals surface area contributed by atoms with E-state index < -0.39 is 41.8 Å². The molecule has 0 amide bonds. The molecule has 0 unspecified atom stereocenters. The van der Waals surface area contributed by atoms with Gasteiger partial charge in [0.15, 0.2) is 11.6 Å². The SMILES string of the molecule is Cc1ncc(C2=C(c3cc(C(F)(F)F)ccc3OCc3cc(F)c(F)cc3F)CCC2)cc1C(=O)O. The fourth-order valence-corrected chi connectivity index (χ4v) is 4.17. The van der Waals surface area contributed by atoms with Crippen LogP contribution in [0, 0.1) is 24.4 Å². The van der Waals surface area contributed by atoms with Crippen LogP contribution in [-0.4, -0.2) is 16.1 Å². The Morgan fingerprint density at radius 2 is 1.69 bits per heavy atom. The lowest BCUT2D eigenvalue weighted by Gasteiger charge is -2.17. The second kappa shape index (κ2) is 9.67. The summed E-state index contributed by atoms with van der Waals surface area (Å²) in [5, 5.41) is 9.44. The molecule has 36 heavy (non-hydrogen) atoms. The van der Waals surface area contributed by atoms with Crippen molar-refractivity contribution >= 4 is 17.1 Å². The predicted octanol–water partition coefficient (Wildman–Crippen LogP) is 7.20. The molecule has 0 fully saturated rings. The summed E-state index contributed by atoms with van der Waals surface area (Å²) >= 11 is 0. The normalized spacial score (nSPS) is 13.9. The Kier molecular flexibility index (Phi) is 6.79. The minimum atomic E-state index is -4.65. The first-order valence-corrected chi connectivity index (χ1v) is 10.9. The molecule has 0 aliphatic heterocycles. The van der Waals surface area contributed by atoms with Crippen molar-refractivity contribution in [1.29, 1.82) is 0 Å². The number of alkyl halides is 3. The summed E-state index contributed by atoms with van der Waals surface area (Å²) in [7, 11) is 0. The Morgan fingerprint density at radius 3 is 2.39 bits per heavy atom. The van der Waals surface area contributed by atoms with E-state index in [9.17, 15) is 36.2 Å². The zero-order chi connectivity index (χ0) is 26.2. The lowest BCUT2D eigenvalue weighted by atomic mass is 9.95. The number of rotatable bonds is 6. The van der Waals surface area contributed by atoms with Crippen LogP contribution >= 0.6 is 0 Å². The first kappa shape index (κ1) is 25.3. The van der Waals surface area contributed by atoms with E-state index in [0.29, 0.717) is 53.8 Å². The highest BCUT2D eigenvalue weighted by atomic mass is 19.4. The molecule has 188 valence electrons. The Hall–Kier alpha value is -3.82. The van der Waals surface area contributed by atoms with Gasteiger partial charge in [-0.05, 0) is 73.2 Å². The van der Waals surface area contributed by atoms with Gasteiger partial charge in [0.2, 0.25) is 0 Å². The van der Waals surface area contributed by atoms with Crippen LogP contribution in [0.3, 0.4) is 0 Å². The number of benzene rings is 2. The van der Waals surface area contributed by atoms with Crippen molar-refractivity contribution in [3.8, 4) is 5.75 Å². The second-order valence-electron chi connectivity index (χ2n) is 8.33. The van der Waals surface area contributed by atoms with Gasteiger partial charge in [-0.15, -0.1) is 0 Å². The average Bonchev–Trinajstić information content (AvgIpc) is 3.29. The molecule has 1 heterocycles. The minimum absolute atomic E-state index is 0.0138. The summed E-state index contributed by atoms with van der Waals surface area (Å²) in [6.45, 7) is 0.979. The zero-order valence-electron chi connectivity index (χ0n) is 18.8. The van der Waals surface area contributed by atoms with Gasteiger partial charge < -0.3 is 9.84 Å². The van der Waals surface area contributed by atoms with Crippen molar-refractivity contribution in [3.05, 3.63) is 93.6 Å². The number of ether oxygens (including phenoxy) is 1. The van der Waals surface area contributed by atoms with Crippen molar-refractivity contribution in [2.75, 3.05) is 0 Å². The van der Waals surface area contributed by atoms with Crippen LogP contribution in [0.2, 0.25) is 0 Å². The smallest absolute Gasteiger partial charge is 0.416 e. The monoisotopic (exact) mass is 507 g/mol. The topological polar surface area (TPSA) is 59.4 Å². The molecule has 4 rings (SSSR count). The van der Waals surface area contributed by atoms with Crippen LogP contribution in [0.5, 0.6) is 5.75 Å². The van der Waals surface area contributed by atoms with Crippen LogP contribution in [0.4, 0.5) is 26.3 Å². The van der Waals surface area contributed by atoms with E-state index in [0.717, 1.165) is 18.2 Å². The molecule has 1 aromatic heterocycles. The number of aryl methyl sites for hydroxylation is 1. The molecule has 1 N–H and O–H groups in total. The molecule has 1 aliphatic rings. The molecular formula is C26H19F6NO3. The highest BCUT2D eigenvalue weighted by Gasteiger charge is 2.32. The van der Waals surface area contributed by atoms with Crippen molar-refractivity contribution in [3.63, 3.8) is 0 Å². The number of aromatic nitrogens is 1. The Bertz CT molecular complexity index is 1380. The predicted molar refractivity (Wildman–Crippen MR) is 119 cm³/mol. The highest BCUT2D eigenvalue weighted by Crippen LogP contribution is 2.45. The third-order valence-corrected chi connectivity index (χ3v) is 5.99. The first-order chi connectivity index (χ1) is 17.0. The molecule has 10 heteroatoms. The number of allylic oxidation sites excluding steroid dienone is 2. The molecule has 0 spiro atoms.